The van der Waals surface area contributed by atoms with E-state index in [9.17, 15) is 4.79 Å². The van der Waals surface area contributed by atoms with Crippen molar-refractivity contribution in [3.8, 4) is 17.1 Å². The first-order chi connectivity index (χ1) is 16.2. The van der Waals surface area contributed by atoms with Gasteiger partial charge in [-0.05, 0) is 61.4 Å². The van der Waals surface area contributed by atoms with Gasteiger partial charge in [-0.3, -0.25) is 4.79 Å². The third-order valence-electron chi connectivity index (χ3n) is 6.80. The Balaban J connectivity index is 1.44. The van der Waals surface area contributed by atoms with Crippen molar-refractivity contribution in [3.63, 3.8) is 0 Å². The van der Waals surface area contributed by atoms with Crippen molar-refractivity contribution in [2.24, 2.45) is 5.92 Å². The maximum absolute atomic E-state index is 11.8. The second-order valence-corrected chi connectivity index (χ2v) is 9.64. The normalized spacial score (nSPS) is 15.3. The first-order valence-electron chi connectivity index (χ1n) is 13.4. The minimum atomic E-state index is -0.170. The summed E-state index contributed by atoms with van der Waals surface area (Å²) in [5.74, 6) is 1.96. The highest BCUT2D eigenvalue weighted by Crippen LogP contribution is 2.29. The number of ether oxygens (including phenoxy) is 1. The quantitative estimate of drug-likeness (QED) is 0.167. The average molecular weight is 451 g/mol. The Morgan fingerprint density at radius 1 is 0.939 bits per heavy atom. The molecule has 0 bridgehead atoms. The minimum absolute atomic E-state index is 0.170. The Hall–Kier alpha value is -2.23. The second-order valence-electron chi connectivity index (χ2n) is 9.64. The van der Waals surface area contributed by atoms with Crippen LogP contribution >= 0.6 is 0 Å². The van der Waals surface area contributed by atoms with E-state index in [0.717, 1.165) is 43.0 Å². The molecule has 1 unspecified atom stereocenters. The number of hydrogen-bond acceptors (Lipinski definition) is 4. The van der Waals surface area contributed by atoms with Gasteiger partial charge in [0.05, 0.1) is 0 Å². The van der Waals surface area contributed by atoms with Gasteiger partial charge in [-0.2, -0.15) is 0 Å². The van der Waals surface area contributed by atoms with E-state index in [0.29, 0.717) is 12.2 Å². The molecule has 0 radical (unpaired) electrons. The molecule has 0 N–H and O–H groups in total. The molecule has 0 saturated heterocycles. The Morgan fingerprint density at radius 2 is 1.64 bits per heavy atom. The maximum Gasteiger partial charge on any atom is 0.311 e. The van der Waals surface area contributed by atoms with Gasteiger partial charge in [0.2, 0.25) is 0 Å². The molecule has 1 aromatic heterocycles. The molecule has 1 aliphatic rings. The fourth-order valence-electron chi connectivity index (χ4n) is 4.71. The number of carbonyl (C=O) groups excluding carboxylic acids is 1. The van der Waals surface area contributed by atoms with Gasteiger partial charge in [0, 0.05) is 23.9 Å². The summed E-state index contributed by atoms with van der Waals surface area (Å²) in [6.45, 7) is 4.35. The van der Waals surface area contributed by atoms with Crippen LogP contribution in [0.2, 0.25) is 0 Å². The van der Waals surface area contributed by atoms with Crippen LogP contribution in [0, 0.1) is 5.92 Å². The van der Waals surface area contributed by atoms with Gasteiger partial charge in [0.15, 0.2) is 5.82 Å². The van der Waals surface area contributed by atoms with Crippen LogP contribution < -0.4 is 4.74 Å². The largest absolute Gasteiger partial charge is 0.427 e. The van der Waals surface area contributed by atoms with E-state index in [1.165, 1.54) is 75.5 Å². The molecule has 1 heterocycles. The number of rotatable bonds is 14. The lowest BCUT2D eigenvalue weighted by Gasteiger charge is -2.24. The van der Waals surface area contributed by atoms with Crippen LogP contribution in [0.1, 0.15) is 109 Å². The van der Waals surface area contributed by atoms with E-state index in [-0.39, 0.29) is 5.97 Å². The lowest BCUT2D eigenvalue weighted by atomic mass is 9.84. The number of aromatic nitrogens is 2. The monoisotopic (exact) mass is 450 g/mol. The number of carbonyl (C=O) groups is 1. The summed E-state index contributed by atoms with van der Waals surface area (Å²) in [5.41, 5.74) is 3.51. The zero-order valence-corrected chi connectivity index (χ0v) is 20.8. The van der Waals surface area contributed by atoms with Gasteiger partial charge in [-0.1, -0.05) is 78.1 Å². The molecular weight excluding hydrogens is 408 g/mol. The van der Waals surface area contributed by atoms with Gasteiger partial charge in [0.25, 0.3) is 0 Å². The Kier molecular flexibility index (Phi) is 10.9. The van der Waals surface area contributed by atoms with E-state index in [4.69, 9.17) is 9.72 Å². The lowest BCUT2D eigenvalue weighted by Crippen LogP contribution is -2.16. The topological polar surface area (TPSA) is 52.1 Å². The Morgan fingerprint density at radius 3 is 2.36 bits per heavy atom. The van der Waals surface area contributed by atoms with Crippen molar-refractivity contribution >= 4 is 5.97 Å². The van der Waals surface area contributed by atoms with Crippen LogP contribution in [0.15, 0.2) is 30.5 Å². The first-order valence-corrected chi connectivity index (χ1v) is 13.4. The third-order valence-corrected chi connectivity index (χ3v) is 6.80. The second kappa shape index (κ2) is 14.1. The SMILES string of the molecule is CCCCCCCCCCC1CCc2nc(-c3ccc(OC(=O)CCCC)cc3)ncc2C1. The molecule has 33 heavy (non-hydrogen) atoms. The number of benzene rings is 1. The van der Waals surface area contributed by atoms with Crippen LogP contribution in [0.4, 0.5) is 0 Å². The predicted octanol–water partition coefficient (Wildman–Crippen LogP) is 7.87. The number of aryl methyl sites for hydroxylation is 1. The Labute approximate surface area is 200 Å². The standard InChI is InChI=1S/C29H42N2O2/c1-3-5-7-8-9-10-11-12-13-23-15-20-27-25(21-23)22-30-29(31-27)24-16-18-26(19-17-24)33-28(32)14-6-4-2/h16-19,22-23H,3-15,20-21H2,1-2H3. The van der Waals surface area contributed by atoms with Crippen molar-refractivity contribution in [1.29, 1.82) is 0 Å². The van der Waals surface area contributed by atoms with Crippen molar-refractivity contribution in [1.82, 2.24) is 9.97 Å². The molecule has 4 heteroatoms. The van der Waals surface area contributed by atoms with E-state index >= 15 is 0 Å². The number of fused-ring (bicyclic) bond motifs is 1. The molecule has 0 saturated carbocycles. The highest BCUT2D eigenvalue weighted by molar-refractivity contribution is 5.72. The predicted molar refractivity (Wildman–Crippen MR) is 135 cm³/mol. The molecule has 1 aromatic carbocycles. The highest BCUT2D eigenvalue weighted by Gasteiger charge is 2.20. The van der Waals surface area contributed by atoms with Crippen molar-refractivity contribution in [3.05, 3.63) is 41.7 Å². The molecule has 4 nitrogen and oxygen atoms in total. The van der Waals surface area contributed by atoms with Gasteiger partial charge in [0.1, 0.15) is 5.75 Å². The van der Waals surface area contributed by atoms with Gasteiger partial charge >= 0.3 is 5.97 Å². The van der Waals surface area contributed by atoms with Crippen LogP contribution in [-0.4, -0.2) is 15.9 Å². The molecule has 1 atom stereocenters. The zero-order valence-electron chi connectivity index (χ0n) is 20.8. The van der Waals surface area contributed by atoms with Gasteiger partial charge in [-0.25, -0.2) is 9.97 Å². The molecule has 1 aliphatic carbocycles. The number of esters is 1. The van der Waals surface area contributed by atoms with Crippen molar-refractivity contribution < 1.29 is 9.53 Å². The van der Waals surface area contributed by atoms with E-state index in [2.05, 4.69) is 18.8 Å². The van der Waals surface area contributed by atoms with Crippen molar-refractivity contribution in [2.45, 2.75) is 110 Å². The smallest absolute Gasteiger partial charge is 0.311 e. The van der Waals surface area contributed by atoms with Gasteiger partial charge < -0.3 is 4.74 Å². The molecule has 3 rings (SSSR count). The van der Waals surface area contributed by atoms with Crippen LogP contribution in [0.3, 0.4) is 0 Å². The number of nitrogens with zero attached hydrogens (tertiary/aromatic N) is 2. The van der Waals surface area contributed by atoms with E-state index < -0.39 is 0 Å². The number of unbranched alkanes of at least 4 members (excludes halogenated alkanes) is 8. The molecule has 180 valence electrons. The molecule has 0 aliphatic heterocycles. The summed E-state index contributed by atoms with van der Waals surface area (Å²) in [6.07, 6.45) is 20.2. The molecule has 0 spiro atoms. The van der Waals surface area contributed by atoms with Crippen LogP contribution in [0.25, 0.3) is 11.4 Å². The van der Waals surface area contributed by atoms with Crippen molar-refractivity contribution in [2.75, 3.05) is 0 Å². The van der Waals surface area contributed by atoms with Crippen LogP contribution in [-0.2, 0) is 17.6 Å². The zero-order chi connectivity index (χ0) is 23.3. The summed E-state index contributed by atoms with van der Waals surface area (Å²) in [6, 6.07) is 7.56. The van der Waals surface area contributed by atoms with E-state index in [1.54, 1.807) is 0 Å². The highest BCUT2D eigenvalue weighted by atomic mass is 16.5. The molecule has 2 aromatic rings. The third kappa shape index (κ3) is 8.57. The summed E-state index contributed by atoms with van der Waals surface area (Å²) in [4.78, 5) is 21.3. The molecule has 0 fully saturated rings. The lowest BCUT2D eigenvalue weighted by molar-refractivity contribution is -0.134. The summed E-state index contributed by atoms with van der Waals surface area (Å²) in [5, 5.41) is 0. The number of hydrogen-bond donors (Lipinski definition) is 0. The maximum atomic E-state index is 11.8. The van der Waals surface area contributed by atoms with Gasteiger partial charge in [-0.15, -0.1) is 0 Å². The molecule has 0 amide bonds. The van der Waals surface area contributed by atoms with Crippen LogP contribution in [0.5, 0.6) is 5.75 Å². The minimum Gasteiger partial charge on any atom is -0.427 e. The summed E-state index contributed by atoms with van der Waals surface area (Å²) < 4.78 is 5.40. The van der Waals surface area contributed by atoms with E-state index in [1.807, 2.05) is 30.5 Å². The average Bonchev–Trinajstić information content (AvgIpc) is 2.84. The summed E-state index contributed by atoms with van der Waals surface area (Å²) >= 11 is 0. The Bertz CT molecular complexity index is 847. The fourth-order valence-corrected chi connectivity index (χ4v) is 4.71. The summed E-state index contributed by atoms with van der Waals surface area (Å²) in [7, 11) is 0. The fraction of sp³-hybridized carbons (Fsp3) is 0.621. The molecular formula is C29H42N2O2. The first kappa shape index (κ1) is 25.4.